The van der Waals surface area contributed by atoms with Gasteiger partial charge >= 0.3 is 0 Å². The van der Waals surface area contributed by atoms with Gasteiger partial charge in [-0.1, -0.05) is 17.7 Å². The number of aromatic nitrogens is 2. The van der Waals surface area contributed by atoms with Crippen molar-refractivity contribution in [1.82, 2.24) is 15.1 Å². The van der Waals surface area contributed by atoms with Gasteiger partial charge in [-0.15, -0.1) is 17.9 Å². The van der Waals surface area contributed by atoms with Crippen LogP contribution in [0.25, 0.3) is 0 Å². The second kappa shape index (κ2) is 5.90. The molecule has 2 aromatic heterocycles. The molecule has 100 valence electrons. The van der Waals surface area contributed by atoms with Gasteiger partial charge in [-0.3, -0.25) is 9.89 Å². The molecule has 5 nitrogen and oxygen atoms in total. The first-order chi connectivity index (χ1) is 9.10. The van der Waals surface area contributed by atoms with Crippen molar-refractivity contribution in [1.29, 1.82) is 0 Å². The molecule has 2 aromatic rings. The molecule has 0 aliphatic carbocycles. The lowest BCUT2D eigenvalue weighted by Gasteiger charge is -2.19. The molecular formula is C12H13ClN4OS. The average Bonchev–Trinajstić information content (AvgIpc) is 2.97. The van der Waals surface area contributed by atoms with E-state index in [0.717, 1.165) is 4.88 Å². The molecule has 0 saturated heterocycles. The molecule has 0 unspecified atom stereocenters. The van der Waals surface area contributed by atoms with Gasteiger partial charge in [-0.25, -0.2) is 0 Å². The summed E-state index contributed by atoms with van der Waals surface area (Å²) in [7, 11) is 0. The summed E-state index contributed by atoms with van der Waals surface area (Å²) in [6, 6.07) is 5.23. The number of anilines is 1. The van der Waals surface area contributed by atoms with Crippen LogP contribution in [0.2, 0.25) is 4.34 Å². The number of nitrogens with two attached hydrogens (primary N) is 1. The lowest BCUT2D eigenvalue weighted by molar-refractivity contribution is 0.0758. The number of carbonyl (C=O) groups excluding carboxylic acids is 1. The van der Waals surface area contributed by atoms with E-state index in [1.165, 1.54) is 17.4 Å². The van der Waals surface area contributed by atoms with E-state index < -0.39 is 0 Å². The normalized spacial score (nSPS) is 10.4. The number of thiophene rings is 1. The lowest BCUT2D eigenvalue weighted by atomic mass is 10.3. The van der Waals surface area contributed by atoms with Crippen molar-refractivity contribution in [2.75, 3.05) is 12.3 Å². The van der Waals surface area contributed by atoms with E-state index >= 15 is 0 Å². The molecule has 0 aromatic carbocycles. The van der Waals surface area contributed by atoms with Gasteiger partial charge in [0, 0.05) is 17.5 Å². The monoisotopic (exact) mass is 296 g/mol. The van der Waals surface area contributed by atoms with E-state index in [2.05, 4.69) is 16.8 Å². The first-order valence-electron chi connectivity index (χ1n) is 5.55. The first-order valence-corrected chi connectivity index (χ1v) is 6.75. The number of H-pyrrole nitrogens is 1. The van der Waals surface area contributed by atoms with Crippen LogP contribution in [0.5, 0.6) is 0 Å². The third kappa shape index (κ3) is 3.36. The molecule has 0 aliphatic rings. The molecule has 2 heterocycles. The minimum atomic E-state index is -0.173. The molecule has 0 fully saturated rings. The van der Waals surface area contributed by atoms with Crippen LogP contribution in [0, 0.1) is 0 Å². The molecule has 7 heteroatoms. The second-order valence-corrected chi connectivity index (χ2v) is 5.69. The predicted molar refractivity (Wildman–Crippen MR) is 77.3 cm³/mol. The minimum absolute atomic E-state index is 0.173. The molecular weight excluding hydrogens is 284 g/mol. The van der Waals surface area contributed by atoms with Crippen LogP contribution in [0.3, 0.4) is 0 Å². The van der Waals surface area contributed by atoms with Crippen molar-refractivity contribution >= 4 is 34.7 Å². The summed E-state index contributed by atoms with van der Waals surface area (Å²) in [5.41, 5.74) is 5.86. The van der Waals surface area contributed by atoms with Gasteiger partial charge in [-0.2, -0.15) is 5.10 Å². The Labute approximate surface area is 119 Å². The highest BCUT2D eigenvalue weighted by Crippen LogP contribution is 2.23. The number of rotatable bonds is 5. The molecule has 3 N–H and O–H groups in total. The highest BCUT2D eigenvalue weighted by Gasteiger charge is 2.17. The van der Waals surface area contributed by atoms with E-state index in [1.807, 2.05) is 12.1 Å². The zero-order valence-electron chi connectivity index (χ0n) is 10.1. The van der Waals surface area contributed by atoms with Crippen molar-refractivity contribution in [3.63, 3.8) is 0 Å². The molecule has 19 heavy (non-hydrogen) atoms. The average molecular weight is 297 g/mol. The Hall–Kier alpha value is -1.79. The van der Waals surface area contributed by atoms with E-state index in [9.17, 15) is 4.79 Å². The number of carbonyl (C=O) groups is 1. The van der Waals surface area contributed by atoms with E-state index in [4.69, 9.17) is 17.3 Å². The van der Waals surface area contributed by atoms with Crippen LogP contribution >= 0.6 is 22.9 Å². The SMILES string of the molecule is C=CCN(Cc1ccc(Cl)s1)C(=O)c1cc(N)n[nH]1. The first kappa shape index (κ1) is 13.6. The Bertz CT molecular complexity index is 592. The standard InChI is InChI=1S/C12H13ClN4OS/c1-2-5-17(7-8-3-4-10(13)19-8)12(18)9-6-11(14)16-15-9/h2-4,6H,1,5,7H2,(H3,14,15,16). The minimum Gasteiger partial charge on any atom is -0.382 e. The summed E-state index contributed by atoms with van der Waals surface area (Å²) in [4.78, 5) is 14.9. The van der Waals surface area contributed by atoms with Gasteiger partial charge in [0.05, 0.1) is 10.9 Å². The highest BCUT2D eigenvalue weighted by molar-refractivity contribution is 7.16. The number of hydrogen-bond acceptors (Lipinski definition) is 4. The van der Waals surface area contributed by atoms with E-state index in [0.29, 0.717) is 28.9 Å². The number of hydrogen-bond donors (Lipinski definition) is 2. The highest BCUT2D eigenvalue weighted by atomic mass is 35.5. The van der Waals surface area contributed by atoms with Gasteiger partial charge in [0.15, 0.2) is 0 Å². The molecule has 0 aliphatic heterocycles. The maximum Gasteiger partial charge on any atom is 0.272 e. The Morgan fingerprint density at radius 2 is 2.42 bits per heavy atom. The summed E-state index contributed by atoms with van der Waals surface area (Å²) in [6.45, 7) is 4.57. The summed E-state index contributed by atoms with van der Waals surface area (Å²) >= 11 is 7.33. The molecule has 2 rings (SSSR count). The quantitative estimate of drug-likeness (QED) is 0.833. The number of nitrogens with one attached hydrogen (secondary N) is 1. The molecule has 0 spiro atoms. The predicted octanol–water partition coefficient (Wildman–Crippen LogP) is 2.54. The fourth-order valence-electron chi connectivity index (χ4n) is 1.62. The van der Waals surface area contributed by atoms with Gasteiger partial charge in [0.1, 0.15) is 11.5 Å². The van der Waals surface area contributed by atoms with Crippen LogP contribution in [-0.4, -0.2) is 27.5 Å². The molecule has 1 amide bonds. The number of aromatic amines is 1. The fourth-order valence-corrected chi connectivity index (χ4v) is 2.72. The number of nitrogens with zero attached hydrogens (tertiary/aromatic N) is 2. The fraction of sp³-hybridized carbons (Fsp3) is 0.167. The van der Waals surface area contributed by atoms with Crippen molar-refractivity contribution in [3.8, 4) is 0 Å². The van der Waals surface area contributed by atoms with Crippen LogP contribution in [-0.2, 0) is 6.54 Å². The third-order valence-electron chi connectivity index (χ3n) is 2.44. The van der Waals surface area contributed by atoms with Crippen LogP contribution < -0.4 is 5.73 Å². The molecule has 0 saturated carbocycles. The Morgan fingerprint density at radius 1 is 1.63 bits per heavy atom. The largest absolute Gasteiger partial charge is 0.382 e. The summed E-state index contributed by atoms with van der Waals surface area (Å²) in [5, 5.41) is 6.36. The van der Waals surface area contributed by atoms with Gasteiger partial charge < -0.3 is 10.6 Å². The van der Waals surface area contributed by atoms with Crippen molar-refractivity contribution in [2.45, 2.75) is 6.54 Å². The molecule has 0 bridgehead atoms. The topological polar surface area (TPSA) is 75.0 Å². The number of nitrogen functional groups attached to an aromatic ring is 1. The van der Waals surface area contributed by atoms with E-state index in [-0.39, 0.29) is 5.91 Å². The maximum atomic E-state index is 12.3. The smallest absolute Gasteiger partial charge is 0.272 e. The van der Waals surface area contributed by atoms with Gasteiger partial charge in [-0.05, 0) is 12.1 Å². The van der Waals surface area contributed by atoms with Gasteiger partial charge in [0.2, 0.25) is 0 Å². The zero-order chi connectivity index (χ0) is 13.8. The summed E-state index contributed by atoms with van der Waals surface area (Å²) in [6.07, 6.45) is 1.67. The maximum absolute atomic E-state index is 12.3. The van der Waals surface area contributed by atoms with Crippen molar-refractivity contribution in [2.24, 2.45) is 0 Å². The Kier molecular flexibility index (Phi) is 4.24. The lowest BCUT2D eigenvalue weighted by Crippen LogP contribution is -2.30. The van der Waals surface area contributed by atoms with Crippen molar-refractivity contribution < 1.29 is 4.79 Å². The van der Waals surface area contributed by atoms with Crippen LogP contribution in [0.15, 0.2) is 30.9 Å². The van der Waals surface area contributed by atoms with Crippen LogP contribution in [0.1, 0.15) is 15.4 Å². The third-order valence-corrected chi connectivity index (χ3v) is 3.66. The van der Waals surface area contributed by atoms with Crippen LogP contribution in [0.4, 0.5) is 5.82 Å². The Balaban J connectivity index is 2.15. The summed E-state index contributed by atoms with van der Waals surface area (Å²) in [5.74, 6) is 0.120. The summed E-state index contributed by atoms with van der Waals surface area (Å²) < 4.78 is 0.701. The number of amides is 1. The van der Waals surface area contributed by atoms with E-state index in [1.54, 1.807) is 11.0 Å². The second-order valence-electron chi connectivity index (χ2n) is 3.89. The molecule has 0 radical (unpaired) electrons. The van der Waals surface area contributed by atoms with Gasteiger partial charge in [0.25, 0.3) is 5.91 Å². The van der Waals surface area contributed by atoms with Crippen molar-refractivity contribution in [3.05, 3.63) is 45.8 Å². The Morgan fingerprint density at radius 3 is 2.95 bits per heavy atom. The zero-order valence-corrected chi connectivity index (χ0v) is 11.7. The number of halogens is 1. The molecule has 0 atom stereocenters.